The highest BCUT2D eigenvalue weighted by molar-refractivity contribution is 5.82. The summed E-state index contributed by atoms with van der Waals surface area (Å²) in [7, 11) is 1.69. The number of methoxy groups -OCH3 is 1. The van der Waals surface area contributed by atoms with Gasteiger partial charge in [-0.3, -0.25) is 4.79 Å². The minimum atomic E-state index is 0.0718. The molecule has 114 valence electrons. The van der Waals surface area contributed by atoms with E-state index in [1.54, 1.807) is 7.11 Å². The zero-order valence-electron chi connectivity index (χ0n) is 12.7. The first-order valence-corrected chi connectivity index (χ1v) is 7.94. The van der Waals surface area contributed by atoms with Crippen LogP contribution in [0.5, 0.6) is 5.75 Å². The Morgan fingerprint density at radius 3 is 2.48 bits per heavy atom. The third-order valence-corrected chi connectivity index (χ3v) is 4.75. The number of piperidine rings is 1. The number of rotatable bonds is 3. The van der Waals surface area contributed by atoms with Crippen molar-refractivity contribution < 1.29 is 9.53 Å². The lowest BCUT2D eigenvalue weighted by molar-refractivity contribution is -0.134. The van der Waals surface area contributed by atoms with E-state index >= 15 is 0 Å². The van der Waals surface area contributed by atoms with Crippen LogP contribution in [0.3, 0.4) is 0 Å². The molecule has 1 atom stereocenters. The Morgan fingerprint density at radius 1 is 1.19 bits per heavy atom. The molecule has 3 rings (SSSR count). The predicted molar refractivity (Wildman–Crippen MR) is 82.6 cm³/mol. The van der Waals surface area contributed by atoms with Gasteiger partial charge in [0.2, 0.25) is 5.91 Å². The smallest absolute Gasteiger partial charge is 0.239 e. The Bertz CT molecular complexity index is 472. The van der Waals surface area contributed by atoms with Gasteiger partial charge in [-0.1, -0.05) is 12.1 Å². The van der Waals surface area contributed by atoms with Gasteiger partial charge in [-0.25, -0.2) is 0 Å². The molecule has 0 bridgehead atoms. The van der Waals surface area contributed by atoms with E-state index in [0.717, 1.165) is 51.1 Å². The molecule has 2 fully saturated rings. The molecule has 4 nitrogen and oxygen atoms in total. The van der Waals surface area contributed by atoms with Crippen LogP contribution in [-0.2, 0) is 4.79 Å². The molecule has 4 heteroatoms. The lowest BCUT2D eigenvalue weighted by Crippen LogP contribution is -2.46. The lowest BCUT2D eigenvalue weighted by atomic mass is 9.89. The maximum atomic E-state index is 12.4. The summed E-state index contributed by atoms with van der Waals surface area (Å²) in [5.74, 6) is 1.77. The van der Waals surface area contributed by atoms with Gasteiger partial charge in [0.05, 0.1) is 13.2 Å². The summed E-state index contributed by atoms with van der Waals surface area (Å²) in [6, 6.07) is 8.42. The topological polar surface area (TPSA) is 41.6 Å². The van der Waals surface area contributed by atoms with E-state index in [1.165, 1.54) is 5.56 Å². The fourth-order valence-electron chi connectivity index (χ4n) is 3.42. The standard InChI is InChI=1S/C17H24N2O2/c1-21-15-6-4-13(5-7-15)14-8-11-19(12-9-14)17(20)16-3-2-10-18-16/h4-7,14,16,18H,2-3,8-12H2,1H3. The molecule has 2 heterocycles. The van der Waals surface area contributed by atoms with E-state index in [1.807, 2.05) is 17.0 Å². The number of amides is 1. The van der Waals surface area contributed by atoms with E-state index in [2.05, 4.69) is 17.4 Å². The lowest BCUT2D eigenvalue weighted by Gasteiger charge is -2.33. The molecule has 1 N–H and O–H groups in total. The molecule has 1 unspecified atom stereocenters. The Morgan fingerprint density at radius 2 is 1.90 bits per heavy atom. The average molecular weight is 288 g/mol. The zero-order valence-corrected chi connectivity index (χ0v) is 12.7. The number of benzene rings is 1. The monoisotopic (exact) mass is 288 g/mol. The third kappa shape index (κ3) is 3.21. The molecule has 21 heavy (non-hydrogen) atoms. The number of nitrogens with zero attached hydrogens (tertiary/aromatic N) is 1. The summed E-state index contributed by atoms with van der Waals surface area (Å²) in [4.78, 5) is 14.4. The van der Waals surface area contributed by atoms with Crippen LogP contribution >= 0.6 is 0 Å². The van der Waals surface area contributed by atoms with E-state index in [-0.39, 0.29) is 6.04 Å². The minimum absolute atomic E-state index is 0.0718. The summed E-state index contributed by atoms with van der Waals surface area (Å²) < 4.78 is 5.20. The van der Waals surface area contributed by atoms with Gasteiger partial charge in [0.1, 0.15) is 5.75 Å². The Labute approximate surface area is 126 Å². The van der Waals surface area contributed by atoms with Gasteiger partial charge in [0.25, 0.3) is 0 Å². The summed E-state index contributed by atoms with van der Waals surface area (Å²) >= 11 is 0. The second kappa shape index (κ2) is 6.48. The van der Waals surface area contributed by atoms with Gasteiger partial charge in [0, 0.05) is 13.1 Å². The first kappa shape index (κ1) is 14.4. The number of nitrogens with one attached hydrogen (secondary N) is 1. The maximum Gasteiger partial charge on any atom is 0.239 e. The number of carbonyl (C=O) groups is 1. The average Bonchev–Trinajstić information content (AvgIpc) is 3.09. The Hall–Kier alpha value is -1.55. The summed E-state index contributed by atoms with van der Waals surface area (Å²) in [5, 5.41) is 3.30. The van der Waals surface area contributed by atoms with E-state index in [9.17, 15) is 4.79 Å². The van der Waals surface area contributed by atoms with Crippen molar-refractivity contribution in [1.29, 1.82) is 0 Å². The van der Waals surface area contributed by atoms with Crippen LogP contribution in [0.25, 0.3) is 0 Å². The molecule has 0 spiro atoms. The largest absolute Gasteiger partial charge is 0.497 e. The predicted octanol–water partition coefficient (Wildman–Crippen LogP) is 2.15. The van der Waals surface area contributed by atoms with Crippen molar-refractivity contribution in [3.05, 3.63) is 29.8 Å². The Balaban J connectivity index is 1.55. The van der Waals surface area contributed by atoms with Crippen molar-refractivity contribution in [2.45, 2.75) is 37.6 Å². The SMILES string of the molecule is COc1ccc(C2CCN(C(=O)C3CCCN3)CC2)cc1. The molecule has 1 aromatic rings. The molecule has 1 aromatic carbocycles. The molecule has 1 amide bonds. The van der Waals surface area contributed by atoms with Crippen LogP contribution in [0.4, 0.5) is 0 Å². The molecule has 2 aliphatic heterocycles. The van der Waals surface area contributed by atoms with E-state index in [4.69, 9.17) is 4.74 Å². The van der Waals surface area contributed by atoms with Crippen molar-refractivity contribution in [2.24, 2.45) is 0 Å². The van der Waals surface area contributed by atoms with Gasteiger partial charge >= 0.3 is 0 Å². The zero-order chi connectivity index (χ0) is 14.7. The second-order valence-electron chi connectivity index (χ2n) is 6.02. The third-order valence-electron chi connectivity index (χ3n) is 4.75. The highest BCUT2D eigenvalue weighted by Crippen LogP contribution is 2.29. The van der Waals surface area contributed by atoms with Crippen LogP contribution < -0.4 is 10.1 Å². The summed E-state index contributed by atoms with van der Waals surface area (Å²) in [6.07, 6.45) is 4.24. The molecule has 0 aromatic heterocycles. The molecule has 0 aliphatic carbocycles. The van der Waals surface area contributed by atoms with Crippen LogP contribution in [0.15, 0.2) is 24.3 Å². The maximum absolute atomic E-state index is 12.4. The van der Waals surface area contributed by atoms with Gasteiger partial charge in [0.15, 0.2) is 0 Å². The van der Waals surface area contributed by atoms with Gasteiger partial charge in [-0.15, -0.1) is 0 Å². The molecular formula is C17H24N2O2. The summed E-state index contributed by atoms with van der Waals surface area (Å²) in [5.41, 5.74) is 1.36. The van der Waals surface area contributed by atoms with Crippen LogP contribution in [0.1, 0.15) is 37.2 Å². The van der Waals surface area contributed by atoms with Gasteiger partial charge in [-0.2, -0.15) is 0 Å². The quantitative estimate of drug-likeness (QED) is 0.926. The van der Waals surface area contributed by atoms with Crippen molar-refractivity contribution in [3.63, 3.8) is 0 Å². The number of carbonyl (C=O) groups excluding carboxylic acids is 1. The molecular weight excluding hydrogens is 264 g/mol. The van der Waals surface area contributed by atoms with E-state index < -0.39 is 0 Å². The van der Waals surface area contributed by atoms with Crippen LogP contribution in [0.2, 0.25) is 0 Å². The summed E-state index contributed by atoms with van der Waals surface area (Å²) in [6.45, 7) is 2.75. The molecule has 2 saturated heterocycles. The van der Waals surface area contributed by atoms with Gasteiger partial charge in [-0.05, 0) is 55.8 Å². The second-order valence-corrected chi connectivity index (χ2v) is 6.02. The number of likely N-dealkylation sites (tertiary alicyclic amines) is 1. The van der Waals surface area contributed by atoms with Crippen molar-refractivity contribution >= 4 is 5.91 Å². The van der Waals surface area contributed by atoms with Crippen molar-refractivity contribution in [1.82, 2.24) is 10.2 Å². The first-order chi connectivity index (χ1) is 10.3. The van der Waals surface area contributed by atoms with Gasteiger partial charge < -0.3 is 15.0 Å². The van der Waals surface area contributed by atoms with E-state index in [0.29, 0.717) is 11.8 Å². The van der Waals surface area contributed by atoms with Crippen molar-refractivity contribution in [2.75, 3.05) is 26.7 Å². The van der Waals surface area contributed by atoms with Crippen LogP contribution in [0, 0.1) is 0 Å². The van der Waals surface area contributed by atoms with Crippen molar-refractivity contribution in [3.8, 4) is 5.75 Å². The fraction of sp³-hybridized carbons (Fsp3) is 0.588. The number of hydrogen-bond donors (Lipinski definition) is 1. The number of ether oxygens (including phenoxy) is 1. The number of hydrogen-bond acceptors (Lipinski definition) is 3. The minimum Gasteiger partial charge on any atom is -0.497 e. The molecule has 0 radical (unpaired) electrons. The normalized spacial score (nSPS) is 23.3. The Kier molecular flexibility index (Phi) is 4.44. The van der Waals surface area contributed by atoms with Crippen LogP contribution in [-0.4, -0.2) is 43.6 Å². The molecule has 0 saturated carbocycles. The highest BCUT2D eigenvalue weighted by atomic mass is 16.5. The first-order valence-electron chi connectivity index (χ1n) is 7.94. The fourth-order valence-corrected chi connectivity index (χ4v) is 3.42. The molecule has 2 aliphatic rings. The highest BCUT2D eigenvalue weighted by Gasteiger charge is 2.30.